The van der Waals surface area contributed by atoms with E-state index in [2.05, 4.69) is 0 Å². The lowest BCUT2D eigenvalue weighted by atomic mass is 10.3. The number of hydrogen-bond acceptors (Lipinski definition) is 7. The standard InChI is InChI=1S/C14H23O8P/c1-3-21-11(15)7-5-9(7)13(17)23(19,20)14(18)10-6-8(10)12(16)22-4-2/h7-10,13-14,17-18H,3-6H2,1-2H3,(H,19,20). The van der Waals surface area contributed by atoms with Gasteiger partial charge in [-0.05, 0) is 26.7 Å². The van der Waals surface area contributed by atoms with Gasteiger partial charge in [-0.2, -0.15) is 0 Å². The van der Waals surface area contributed by atoms with Gasteiger partial charge in [-0.3, -0.25) is 14.2 Å². The van der Waals surface area contributed by atoms with Gasteiger partial charge in [0.25, 0.3) is 7.37 Å². The second-order valence-electron chi connectivity index (χ2n) is 6.02. The number of carbonyl (C=O) groups excluding carboxylic acids is 2. The molecule has 0 aromatic rings. The van der Waals surface area contributed by atoms with Crippen LogP contribution in [0.4, 0.5) is 0 Å². The van der Waals surface area contributed by atoms with Gasteiger partial charge in [0.1, 0.15) is 11.7 Å². The summed E-state index contributed by atoms with van der Waals surface area (Å²) in [4.78, 5) is 33.2. The zero-order chi connectivity index (χ0) is 17.4. The molecule has 2 rings (SSSR count). The fraction of sp³-hybridized carbons (Fsp3) is 0.857. The first-order valence-electron chi connectivity index (χ1n) is 7.77. The molecule has 0 spiro atoms. The van der Waals surface area contributed by atoms with Crippen LogP contribution in [0.2, 0.25) is 0 Å². The molecule has 8 nitrogen and oxygen atoms in total. The molecule has 9 heteroatoms. The summed E-state index contributed by atoms with van der Waals surface area (Å²) in [5.41, 5.74) is 0. The van der Waals surface area contributed by atoms with Gasteiger partial charge in [-0.15, -0.1) is 0 Å². The van der Waals surface area contributed by atoms with E-state index >= 15 is 0 Å². The van der Waals surface area contributed by atoms with Crippen molar-refractivity contribution < 1.29 is 38.7 Å². The molecule has 6 unspecified atom stereocenters. The Morgan fingerprint density at radius 2 is 1.35 bits per heavy atom. The van der Waals surface area contributed by atoms with Crippen LogP contribution in [0.1, 0.15) is 26.7 Å². The highest BCUT2D eigenvalue weighted by molar-refractivity contribution is 7.59. The minimum Gasteiger partial charge on any atom is -0.466 e. The van der Waals surface area contributed by atoms with Gasteiger partial charge in [0.05, 0.1) is 25.0 Å². The Morgan fingerprint density at radius 1 is 1.00 bits per heavy atom. The highest BCUT2D eigenvalue weighted by atomic mass is 31.2. The third-order valence-corrected chi connectivity index (χ3v) is 6.66. The molecule has 23 heavy (non-hydrogen) atoms. The lowest BCUT2D eigenvalue weighted by molar-refractivity contribution is -0.146. The Morgan fingerprint density at radius 3 is 1.65 bits per heavy atom. The molecule has 0 saturated heterocycles. The minimum atomic E-state index is -4.36. The van der Waals surface area contributed by atoms with E-state index < -0.39 is 54.7 Å². The van der Waals surface area contributed by atoms with Crippen molar-refractivity contribution in [2.24, 2.45) is 23.7 Å². The first-order chi connectivity index (χ1) is 10.8. The van der Waals surface area contributed by atoms with Crippen LogP contribution in [0, 0.1) is 23.7 Å². The van der Waals surface area contributed by atoms with Crippen molar-refractivity contribution in [3.8, 4) is 0 Å². The first-order valence-corrected chi connectivity index (χ1v) is 9.57. The predicted octanol–water partition coefficient (Wildman–Crippen LogP) is 0.292. The molecule has 6 atom stereocenters. The van der Waals surface area contributed by atoms with Crippen molar-refractivity contribution in [1.29, 1.82) is 0 Å². The minimum absolute atomic E-state index is 0.195. The van der Waals surface area contributed by atoms with Gasteiger partial charge in [0, 0.05) is 11.8 Å². The van der Waals surface area contributed by atoms with E-state index in [9.17, 15) is 29.3 Å². The number of ether oxygens (including phenoxy) is 2. The van der Waals surface area contributed by atoms with E-state index in [4.69, 9.17) is 9.47 Å². The highest BCUT2D eigenvalue weighted by Crippen LogP contribution is 2.64. The average Bonchev–Trinajstić information content (AvgIpc) is 3.38. The Kier molecular flexibility index (Phi) is 5.51. The molecular weight excluding hydrogens is 327 g/mol. The number of carbonyl (C=O) groups is 2. The summed E-state index contributed by atoms with van der Waals surface area (Å²) in [5.74, 6) is -7.04. The number of esters is 2. The normalized spacial score (nSPS) is 34.0. The second kappa shape index (κ2) is 6.89. The van der Waals surface area contributed by atoms with Gasteiger partial charge in [0.15, 0.2) is 0 Å². The zero-order valence-electron chi connectivity index (χ0n) is 13.1. The fourth-order valence-electron chi connectivity index (χ4n) is 2.83. The smallest absolute Gasteiger partial charge is 0.309 e. The molecule has 0 radical (unpaired) electrons. The Balaban J connectivity index is 1.93. The van der Waals surface area contributed by atoms with E-state index in [1.165, 1.54) is 0 Å². The van der Waals surface area contributed by atoms with Crippen LogP contribution in [0.3, 0.4) is 0 Å². The summed E-state index contributed by atoms with van der Waals surface area (Å²) in [6.45, 7) is 3.69. The number of hydrogen-bond donors (Lipinski definition) is 3. The van der Waals surface area contributed by atoms with E-state index in [1.807, 2.05) is 0 Å². The molecule has 0 bridgehead atoms. The Labute approximate surface area is 134 Å². The summed E-state index contributed by atoms with van der Waals surface area (Å²) in [6, 6.07) is 0. The van der Waals surface area contributed by atoms with Crippen LogP contribution in [-0.2, 0) is 23.6 Å². The van der Waals surface area contributed by atoms with Gasteiger partial charge in [-0.1, -0.05) is 0 Å². The van der Waals surface area contributed by atoms with Crippen molar-refractivity contribution in [2.75, 3.05) is 13.2 Å². The number of aliphatic hydroxyl groups excluding tert-OH is 2. The van der Waals surface area contributed by atoms with E-state index in [0.29, 0.717) is 0 Å². The van der Waals surface area contributed by atoms with Crippen molar-refractivity contribution >= 4 is 19.3 Å². The van der Waals surface area contributed by atoms with Crippen LogP contribution in [-0.4, -0.2) is 51.9 Å². The molecule has 0 heterocycles. The monoisotopic (exact) mass is 350 g/mol. The molecule has 2 aliphatic rings. The van der Waals surface area contributed by atoms with Gasteiger partial charge in [0.2, 0.25) is 0 Å². The maximum Gasteiger partial charge on any atom is 0.309 e. The third kappa shape index (κ3) is 3.76. The van der Waals surface area contributed by atoms with E-state index in [0.717, 1.165) is 0 Å². The second-order valence-corrected chi connectivity index (χ2v) is 8.42. The summed E-state index contributed by atoms with van der Waals surface area (Å²) in [7, 11) is -4.36. The summed E-state index contributed by atoms with van der Waals surface area (Å²) in [5, 5.41) is 20.2. The molecule has 0 aliphatic heterocycles. The van der Waals surface area contributed by atoms with E-state index in [1.54, 1.807) is 13.8 Å². The lowest BCUT2D eigenvalue weighted by Crippen LogP contribution is -2.25. The Bertz CT molecular complexity index is 479. The van der Waals surface area contributed by atoms with Crippen LogP contribution >= 0.6 is 7.37 Å². The molecular formula is C14H23O8P. The quantitative estimate of drug-likeness (QED) is 0.421. The van der Waals surface area contributed by atoms with Crippen molar-refractivity contribution in [3.05, 3.63) is 0 Å². The maximum atomic E-state index is 12.4. The molecule has 0 aromatic heterocycles. The summed E-state index contributed by atoms with van der Waals surface area (Å²) >= 11 is 0. The zero-order valence-corrected chi connectivity index (χ0v) is 14.0. The van der Waals surface area contributed by atoms with E-state index in [-0.39, 0.29) is 26.1 Å². The van der Waals surface area contributed by atoms with Gasteiger partial charge in [-0.25, -0.2) is 0 Å². The summed E-state index contributed by atoms with van der Waals surface area (Å²) in [6.07, 6.45) is 0.506. The topological polar surface area (TPSA) is 130 Å². The maximum absolute atomic E-state index is 12.4. The van der Waals surface area contributed by atoms with Crippen LogP contribution < -0.4 is 0 Å². The van der Waals surface area contributed by atoms with Crippen molar-refractivity contribution in [3.63, 3.8) is 0 Å². The van der Waals surface area contributed by atoms with Crippen molar-refractivity contribution in [1.82, 2.24) is 0 Å². The lowest BCUT2D eigenvalue weighted by Gasteiger charge is -2.23. The fourth-order valence-corrected chi connectivity index (χ4v) is 4.90. The average molecular weight is 350 g/mol. The predicted molar refractivity (Wildman–Crippen MR) is 78.3 cm³/mol. The van der Waals surface area contributed by atoms with Crippen LogP contribution in [0.5, 0.6) is 0 Å². The molecule has 132 valence electrons. The first kappa shape index (κ1) is 18.4. The summed E-state index contributed by atoms with van der Waals surface area (Å²) < 4.78 is 22.0. The Hall–Kier alpha value is -0.950. The molecule has 2 aliphatic carbocycles. The van der Waals surface area contributed by atoms with Crippen LogP contribution in [0.25, 0.3) is 0 Å². The number of rotatable bonds is 8. The largest absolute Gasteiger partial charge is 0.466 e. The molecule has 0 aromatic carbocycles. The molecule has 2 saturated carbocycles. The SMILES string of the molecule is CCOC(=O)C1CC1C(O)P(=O)(O)C(O)C1CC1C(=O)OCC. The van der Waals surface area contributed by atoms with Crippen LogP contribution in [0.15, 0.2) is 0 Å². The van der Waals surface area contributed by atoms with Gasteiger partial charge >= 0.3 is 11.9 Å². The molecule has 2 fully saturated rings. The molecule has 3 N–H and O–H groups in total. The van der Waals surface area contributed by atoms with Crippen molar-refractivity contribution in [2.45, 2.75) is 38.4 Å². The highest BCUT2D eigenvalue weighted by Gasteiger charge is 2.60. The number of aliphatic hydroxyl groups is 2. The van der Waals surface area contributed by atoms with Gasteiger partial charge < -0.3 is 24.6 Å². The third-order valence-electron chi connectivity index (χ3n) is 4.38. The molecule has 0 amide bonds.